The first kappa shape index (κ1) is 19.5. The maximum absolute atomic E-state index is 12.5. The molecule has 1 atom stereocenters. The van der Waals surface area contributed by atoms with E-state index >= 15 is 0 Å². The summed E-state index contributed by atoms with van der Waals surface area (Å²) in [5.41, 5.74) is 1.96. The highest BCUT2D eigenvalue weighted by Crippen LogP contribution is 2.32. The Morgan fingerprint density at radius 1 is 1.15 bits per heavy atom. The maximum Gasteiger partial charge on any atom is 0.261 e. The first-order valence-electron chi connectivity index (χ1n) is 8.72. The summed E-state index contributed by atoms with van der Waals surface area (Å²) in [5, 5.41) is 3.56. The Hall–Kier alpha value is -2.24. The van der Waals surface area contributed by atoms with Gasteiger partial charge >= 0.3 is 0 Å². The monoisotopic (exact) mass is 405 g/mol. The summed E-state index contributed by atoms with van der Waals surface area (Å²) in [6.07, 6.45) is -0.724. The molecular weight excluding hydrogens is 385 g/mol. The molecule has 3 rings (SSSR count). The molecule has 142 valence electrons. The van der Waals surface area contributed by atoms with Gasteiger partial charge in [0, 0.05) is 6.04 Å². The van der Waals surface area contributed by atoms with Crippen LogP contribution in [0, 0.1) is 0 Å². The summed E-state index contributed by atoms with van der Waals surface area (Å²) in [7, 11) is 0. The van der Waals surface area contributed by atoms with Crippen LogP contribution in [0.15, 0.2) is 42.5 Å². The molecule has 1 amide bonds. The van der Waals surface area contributed by atoms with Gasteiger partial charge < -0.3 is 14.6 Å². The largest absolute Gasteiger partial charge is 0.479 e. The second-order valence-corrected chi connectivity index (χ2v) is 7.30. The zero-order valence-corrected chi connectivity index (χ0v) is 16.9. The molecule has 2 aromatic carbocycles. The van der Waals surface area contributed by atoms with Gasteiger partial charge in [-0.1, -0.05) is 41.4 Å². The van der Waals surface area contributed by atoms with E-state index in [1.54, 1.807) is 25.1 Å². The van der Waals surface area contributed by atoms with Crippen LogP contribution in [0.5, 0.6) is 5.75 Å². The molecule has 0 fully saturated rings. The molecule has 0 unspecified atom stereocenters. The van der Waals surface area contributed by atoms with Crippen LogP contribution < -0.4 is 10.1 Å². The number of rotatable bonds is 6. The molecule has 3 aromatic rings. The molecule has 0 radical (unpaired) electrons. The summed E-state index contributed by atoms with van der Waals surface area (Å²) < 4.78 is 7.78. The number of aromatic nitrogens is 2. The fourth-order valence-electron chi connectivity index (χ4n) is 2.92. The van der Waals surface area contributed by atoms with Crippen LogP contribution in [0.1, 0.15) is 32.6 Å². The molecule has 5 nitrogen and oxygen atoms in total. The first-order valence-corrected chi connectivity index (χ1v) is 9.48. The average molecular weight is 406 g/mol. The normalized spacial score (nSPS) is 12.4. The highest BCUT2D eigenvalue weighted by atomic mass is 35.5. The molecule has 0 spiro atoms. The fourth-order valence-corrected chi connectivity index (χ4v) is 3.26. The molecule has 0 aliphatic carbocycles. The van der Waals surface area contributed by atoms with Gasteiger partial charge in [0.15, 0.2) is 6.10 Å². The van der Waals surface area contributed by atoms with Crippen molar-refractivity contribution in [3.63, 3.8) is 0 Å². The van der Waals surface area contributed by atoms with Crippen LogP contribution >= 0.6 is 23.2 Å². The van der Waals surface area contributed by atoms with Crippen LogP contribution in [-0.4, -0.2) is 21.6 Å². The Bertz CT molecular complexity index is 969. The predicted octanol–water partition coefficient (Wildman–Crippen LogP) is 5.01. The number of carbonyl (C=O) groups excluding carboxylic acids is 1. The van der Waals surface area contributed by atoms with Crippen molar-refractivity contribution < 1.29 is 9.53 Å². The number of nitrogens with zero attached hydrogens (tertiary/aromatic N) is 2. The molecule has 7 heteroatoms. The van der Waals surface area contributed by atoms with Crippen molar-refractivity contribution in [2.75, 3.05) is 0 Å². The molecule has 0 bridgehead atoms. The number of benzene rings is 2. The third kappa shape index (κ3) is 4.20. The minimum absolute atomic E-state index is 0.225. The number of ether oxygens (including phenoxy) is 1. The number of halogens is 2. The lowest BCUT2D eigenvalue weighted by molar-refractivity contribution is -0.127. The van der Waals surface area contributed by atoms with E-state index in [-0.39, 0.29) is 11.9 Å². The first-order chi connectivity index (χ1) is 12.9. The van der Waals surface area contributed by atoms with E-state index in [0.717, 1.165) is 16.9 Å². The molecule has 0 aliphatic heterocycles. The van der Waals surface area contributed by atoms with Crippen molar-refractivity contribution >= 4 is 40.1 Å². The van der Waals surface area contributed by atoms with E-state index < -0.39 is 6.10 Å². The van der Waals surface area contributed by atoms with Crippen molar-refractivity contribution in [3.05, 3.63) is 58.3 Å². The number of para-hydroxylation sites is 2. The predicted molar refractivity (Wildman–Crippen MR) is 109 cm³/mol. The van der Waals surface area contributed by atoms with Gasteiger partial charge in [0.25, 0.3) is 5.91 Å². The molecule has 1 heterocycles. The van der Waals surface area contributed by atoms with Crippen LogP contribution in [0.2, 0.25) is 10.0 Å². The van der Waals surface area contributed by atoms with Crippen LogP contribution in [0.3, 0.4) is 0 Å². The summed E-state index contributed by atoms with van der Waals surface area (Å²) in [5.74, 6) is 0.919. The van der Waals surface area contributed by atoms with Crippen molar-refractivity contribution in [3.8, 4) is 5.75 Å². The van der Waals surface area contributed by atoms with Crippen molar-refractivity contribution in [1.82, 2.24) is 14.9 Å². The Kier molecular flexibility index (Phi) is 5.92. The van der Waals surface area contributed by atoms with Crippen LogP contribution in [-0.2, 0) is 11.3 Å². The summed E-state index contributed by atoms with van der Waals surface area (Å²) in [4.78, 5) is 17.1. The third-order valence-corrected chi connectivity index (χ3v) is 5.00. The SMILES string of the molecule is CC(C)n1c(CNC(=O)[C@@H](C)Oc2cccc(Cl)c2Cl)nc2ccccc21. The standard InChI is InChI=1S/C20H21Cl2N3O2/c1-12(2)25-16-9-5-4-8-15(16)24-18(25)11-23-20(26)13(3)27-17-10-6-7-14(21)19(17)22/h4-10,12-13H,11H2,1-3H3,(H,23,26)/t13-/m1/s1. The zero-order chi connectivity index (χ0) is 19.6. The topological polar surface area (TPSA) is 56.2 Å². The Morgan fingerprint density at radius 2 is 1.89 bits per heavy atom. The van der Waals surface area contributed by atoms with Crippen molar-refractivity contribution in [1.29, 1.82) is 0 Å². The number of hydrogen-bond donors (Lipinski definition) is 1. The Morgan fingerprint density at radius 3 is 2.63 bits per heavy atom. The van der Waals surface area contributed by atoms with E-state index in [9.17, 15) is 4.79 Å². The van der Waals surface area contributed by atoms with E-state index in [4.69, 9.17) is 27.9 Å². The Balaban J connectivity index is 1.71. The number of nitrogens with one attached hydrogen (secondary N) is 1. The van der Waals surface area contributed by atoms with E-state index in [0.29, 0.717) is 22.3 Å². The average Bonchev–Trinajstić information content (AvgIpc) is 3.02. The van der Waals surface area contributed by atoms with Gasteiger partial charge in [-0.3, -0.25) is 4.79 Å². The lowest BCUT2D eigenvalue weighted by Crippen LogP contribution is -2.36. The molecule has 0 saturated heterocycles. The van der Waals surface area contributed by atoms with Crippen molar-refractivity contribution in [2.24, 2.45) is 0 Å². The lowest BCUT2D eigenvalue weighted by Gasteiger charge is -2.17. The second kappa shape index (κ2) is 8.19. The third-order valence-electron chi connectivity index (χ3n) is 4.20. The fraction of sp³-hybridized carbons (Fsp3) is 0.300. The number of imidazole rings is 1. The van der Waals surface area contributed by atoms with Crippen LogP contribution in [0.25, 0.3) is 11.0 Å². The Labute approximate surface area is 168 Å². The molecule has 1 N–H and O–H groups in total. The molecule has 27 heavy (non-hydrogen) atoms. The van der Waals surface area contributed by atoms with Crippen molar-refractivity contribution in [2.45, 2.75) is 39.5 Å². The molecular formula is C20H21Cl2N3O2. The molecule has 1 aromatic heterocycles. The van der Waals surface area contributed by atoms with Gasteiger partial charge in [-0.05, 0) is 45.0 Å². The minimum atomic E-state index is -0.724. The van der Waals surface area contributed by atoms with Crippen LogP contribution in [0.4, 0.5) is 0 Å². The summed E-state index contributed by atoms with van der Waals surface area (Å²) in [6.45, 7) is 6.15. The van der Waals surface area contributed by atoms with Gasteiger partial charge in [-0.25, -0.2) is 4.98 Å². The van der Waals surface area contributed by atoms with Gasteiger partial charge in [0.1, 0.15) is 16.6 Å². The smallest absolute Gasteiger partial charge is 0.261 e. The second-order valence-electron chi connectivity index (χ2n) is 6.51. The lowest BCUT2D eigenvalue weighted by atomic mass is 10.3. The van der Waals surface area contributed by atoms with Gasteiger partial charge in [0.05, 0.1) is 22.6 Å². The molecule has 0 saturated carbocycles. The van der Waals surface area contributed by atoms with E-state index in [1.165, 1.54) is 0 Å². The molecule has 0 aliphatic rings. The van der Waals surface area contributed by atoms with Gasteiger partial charge in [-0.15, -0.1) is 0 Å². The maximum atomic E-state index is 12.5. The highest BCUT2D eigenvalue weighted by molar-refractivity contribution is 6.42. The van der Waals surface area contributed by atoms with Gasteiger partial charge in [-0.2, -0.15) is 0 Å². The van der Waals surface area contributed by atoms with E-state index in [1.807, 2.05) is 24.3 Å². The summed E-state index contributed by atoms with van der Waals surface area (Å²) in [6, 6.07) is 13.2. The van der Waals surface area contributed by atoms with Gasteiger partial charge in [0.2, 0.25) is 0 Å². The zero-order valence-electron chi connectivity index (χ0n) is 15.4. The number of fused-ring (bicyclic) bond motifs is 1. The summed E-state index contributed by atoms with van der Waals surface area (Å²) >= 11 is 12.1. The number of carbonyl (C=O) groups is 1. The number of amides is 1. The minimum Gasteiger partial charge on any atom is -0.479 e. The quantitative estimate of drug-likeness (QED) is 0.626. The van der Waals surface area contributed by atoms with E-state index in [2.05, 4.69) is 28.7 Å². The number of hydrogen-bond acceptors (Lipinski definition) is 3. The highest BCUT2D eigenvalue weighted by Gasteiger charge is 2.19.